The Kier molecular flexibility index (Phi) is 27.0. The highest BCUT2D eigenvalue weighted by Crippen LogP contribution is 2.38. The zero-order chi connectivity index (χ0) is 58.4. The minimum Gasteiger partial charge on any atom is -0.463 e. The maximum absolute atomic E-state index is 14.1. The third kappa shape index (κ3) is 18.6. The average Bonchev–Trinajstić information content (AvgIpc) is 3.44. The van der Waals surface area contributed by atoms with Crippen molar-refractivity contribution >= 4 is 23.9 Å². The van der Waals surface area contributed by atoms with Crippen LogP contribution >= 0.6 is 0 Å². The molecule has 5 heterocycles. The van der Waals surface area contributed by atoms with Crippen LogP contribution in [-0.4, -0.2) is 212 Å². The number of rotatable bonds is 16. The molecule has 79 heavy (non-hydrogen) atoms. The first-order chi connectivity index (χ1) is 37.3. The Balaban J connectivity index is 1.58. The van der Waals surface area contributed by atoms with Crippen LogP contribution in [0.5, 0.6) is 0 Å². The van der Waals surface area contributed by atoms with E-state index in [4.69, 9.17) is 56.8 Å². The Morgan fingerprint density at radius 2 is 1.14 bits per heavy atom. The smallest absolute Gasteiger partial charge is 0.311 e. The maximum atomic E-state index is 14.1. The number of unbranched alkanes of at least 4 members (excludes halogenated alkanes) is 2. The number of esters is 4. The minimum atomic E-state index is -2.03. The quantitative estimate of drug-likeness (QED) is 0.0623. The monoisotopic (exact) mass is 1140 g/mol. The van der Waals surface area contributed by atoms with Crippen molar-refractivity contribution in [2.45, 2.75) is 300 Å². The van der Waals surface area contributed by atoms with Crippen LogP contribution in [-0.2, 0) is 76.0 Å². The van der Waals surface area contributed by atoms with Gasteiger partial charge in [-0.15, -0.1) is 0 Å². The molecule has 0 aromatic carbocycles. The summed E-state index contributed by atoms with van der Waals surface area (Å²) in [5.41, 5.74) is 0. The van der Waals surface area contributed by atoms with Gasteiger partial charge in [0, 0.05) is 12.8 Å². The van der Waals surface area contributed by atoms with Crippen LogP contribution in [0.3, 0.4) is 0 Å². The van der Waals surface area contributed by atoms with Crippen molar-refractivity contribution in [3.63, 3.8) is 0 Å². The summed E-state index contributed by atoms with van der Waals surface area (Å²) in [5.74, 6) is -5.52. The topological polar surface area (TPSA) is 341 Å². The number of carbonyl (C=O) groups is 4. The Labute approximate surface area is 464 Å². The van der Waals surface area contributed by atoms with Crippen LogP contribution < -0.4 is 0 Å². The maximum Gasteiger partial charge on any atom is 0.311 e. The van der Waals surface area contributed by atoms with Crippen molar-refractivity contribution in [1.82, 2.24) is 0 Å². The Morgan fingerprint density at radius 3 is 1.77 bits per heavy atom. The van der Waals surface area contributed by atoms with E-state index in [2.05, 4.69) is 6.92 Å². The van der Waals surface area contributed by atoms with E-state index in [1.165, 1.54) is 41.5 Å². The van der Waals surface area contributed by atoms with E-state index in [1.807, 2.05) is 0 Å². The van der Waals surface area contributed by atoms with E-state index in [9.17, 15) is 60.0 Å². The number of hydrogen-bond acceptors (Lipinski definition) is 24. The van der Waals surface area contributed by atoms with Crippen LogP contribution in [0.1, 0.15) is 159 Å². The molecule has 0 radical (unpaired) electrons. The molecule has 25 atom stereocenters. The zero-order valence-electron chi connectivity index (χ0n) is 47.7. The lowest BCUT2D eigenvalue weighted by atomic mass is 9.95. The molecule has 0 unspecified atom stereocenters. The molecular weight excluding hydrogens is 1040 g/mol. The molecule has 0 spiro atoms. The number of aliphatic hydroxyl groups is 8. The molecule has 0 saturated carbocycles. The largest absolute Gasteiger partial charge is 0.463 e. The SMILES string of the molecule is CCCCC[C@H]1CCCCCCCCCC(=O)O[C@@H]2[C@@H](O[C@@H]3O[C@H](C)[C@@H](OC(=O)[C@H](C)[C@H](C)O)[C@H](O)[C@H]3O)[C@H](C)O[C@@H](O[C@H]3[C@H](O[C@H]4[C@H](O1)O[C@H](C)[C@@H](O)[C@@H]4O)O[C@H](COC(=O)[C@H](C)[C@H](C)O)[C@@H](O)[C@@H]3O)[C@@H]2OC(=O)CC(C)C. The summed E-state index contributed by atoms with van der Waals surface area (Å²) in [7, 11) is 0. The van der Waals surface area contributed by atoms with Crippen molar-refractivity contribution < 1.29 is 117 Å². The van der Waals surface area contributed by atoms with Crippen LogP contribution in [0.4, 0.5) is 0 Å². The van der Waals surface area contributed by atoms with E-state index >= 15 is 0 Å². The Hall–Kier alpha value is -2.76. The summed E-state index contributed by atoms with van der Waals surface area (Å²) in [6, 6.07) is 0. The second kappa shape index (κ2) is 31.8. The lowest BCUT2D eigenvalue weighted by molar-refractivity contribution is -0.399. The van der Waals surface area contributed by atoms with Crippen molar-refractivity contribution in [3.05, 3.63) is 0 Å². The fourth-order valence-electron chi connectivity index (χ4n) is 10.1. The van der Waals surface area contributed by atoms with Crippen molar-refractivity contribution in [2.24, 2.45) is 17.8 Å². The summed E-state index contributed by atoms with van der Waals surface area (Å²) < 4.78 is 74.4. The summed E-state index contributed by atoms with van der Waals surface area (Å²) in [4.78, 5) is 53.8. The Bertz CT molecular complexity index is 1860. The van der Waals surface area contributed by atoms with E-state index in [0.29, 0.717) is 25.7 Å². The molecule has 5 aliphatic rings. The van der Waals surface area contributed by atoms with Gasteiger partial charge in [0.2, 0.25) is 0 Å². The Morgan fingerprint density at radius 1 is 0.570 bits per heavy atom. The molecule has 5 fully saturated rings. The van der Waals surface area contributed by atoms with E-state index in [0.717, 1.165) is 51.4 Å². The third-order valence-electron chi connectivity index (χ3n) is 15.6. The molecule has 0 aromatic heterocycles. The highest BCUT2D eigenvalue weighted by atomic mass is 16.8. The zero-order valence-corrected chi connectivity index (χ0v) is 47.7. The third-order valence-corrected chi connectivity index (χ3v) is 15.6. The molecule has 0 amide bonds. The fraction of sp³-hybridized carbons (Fsp3) is 0.927. The average molecular weight is 1140 g/mol. The second-order valence-corrected chi connectivity index (χ2v) is 22.8. The van der Waals surface area contributed by atoms with Gasteiger partial charge in [-0.25, -0.2) is 0 Å². The molecule has 24 heteroatoms. The van der Waals surface area contributed by atoms with Crippen LogP contribution in [0.2, 0.25) is 0 Å². The standard InChI is InChI=1S/C55H94O24/c1-11-12-18-21-34-22-19-16-14-13-15-17-20-23-36(58)74-48-45(77-52-43(65)42(64)44(32(9)70-52)76-51(67)28(5)30(7)57)33(10)71-55(49(48)75-37(59)24-26(2)3)79-47-41(63)39(61)35(25-68-50(66)27(4)29(6)56)73-54(47)78-46-40(62)38(60)31(8)69-53(46)72-34/h26-35,38-49,52-57,60-65H,11-25H2,1-10H3/t27-,28-,29+,30+,31-,32-,33+,34+,35-,38-,39-,40+,41+,42-,43-,44-,45+,46-,47-,48-,49-,52+,53+,54+,55+/m1/s1. The molecular formula is C55H94O24. The summed E-state index contributed by atoms with van der Waals surface area (Å²) in [6.07, 6.45) is -25.9. The first kappa shape index (κ1) is 67.0. The van der Waals surface area contributed by atoms with Gasteiger partial charge in [-0.1, -0.05) is 78.6 Å². The number of ether oxygens (including phenoxy) is 12. The van der Waals surface area contributed by atoms with Gasteiger partial charge in [-0.05, 0) is 73.6 Å². The molecule has 0 aromatic rings. The van der Waals surface area contributed by atoms with Crippen molar-refractivity contribution in [1.29, 1.82) is 0 Å². The molecule has 458 valence electrons. The summed E-state index contributed by atoms with van der Waals surface area (Å²) in [5, 5.41) is 90.0. The molecule has 0 aliphatic carbocycles. The molecule has 5 rings (SSSR count). The molecule has 24 nitrogen and oxygen atoms in total. The predicted octanol–water partition coefficient (Wildman–Crippen LogP) is 2.12. The predicted molar refractivity (Wildman–Crippen MR) is 275 cm³/mol. The van der Waals surface area contributed by atoms with Gasteiger partial charge < -0.3 is 97.7 Å². The summed E-state index contributed by atoms with van der Waals surface area (Å²) >= 11 is 0. The number of hydrogen-bond donors (Lipinski definition) is 8. The molecule has 8 N–H and O–H groups in total. The van der Waals surface area contributed by atoms with Crippen molar-refractivity contribution in [2.75, 3.05) is 6.61 Å². The van der Waals surface area contributed by atoms with E-state index in [1.54, 1.807) is 20.8 Å². The van der Waals surface area contributed by atoms with Gasteiger partial charge >= 0.3 is 23.9 Å². The number of aliphatic hydroxyl groups excluding tert-OH is 8. The number of carbonyl (C=O) groups excluding carboxylic acids is 4. The first-order valence-electron chi connectivity index (χ1n) is 28.8. The molecule has 5 aliphatic heterocycles. The van der Waals surface area contributed by atoms with Gasteiger partial charge in [-0.2, -0.15) is 0 Å². The highest BCUT2D eigenvalue weighted by Gasteiger charge is 2.58. The summed E-state index contributed by atoms with van der Waals surface area (Å²) in [6.45, 7) is 15.0. The van der Waals surface area contributed by atoms with Gasteiger partial charge in [-0.3, -0.25) is 19.2 Å². The number of fused-ring (bicyclic) bond motifs is 4. The van der Waals surface area contributed by atoms with Gasteiger partial charge in [0.25, 0.3) is 0 Å². The lowest BCUT2D eigenvalue weighted by Gasteiger charge is -2.50. The van der Waals surface area contributed by atoms with Crippen LogP contribution in [0.25, 0.3) is 0 Å². The minimum absolute atomic E-state index is 0.0830. The highest BCUT2D eigenvalue weighted by molar-refractivity contribution is 5.73. The molecule has 5 saturated heterocycles. The second-order valence-electron chi connectivity index (χ2n) is 22.8. The van der Waals surface area contributed by atoms with Crippen molar-refractivity contribution in [3.8, 4) is 0 Å². The molecule has 2 bridgehead atoms. The van der Waals surface area contributed by atoms with Gasteiger partial charge in [0.05, 0.1) is 48.5 Å². The lowest BCUT2D eigenvalue weighted by Crippen LogP contribution is -2.68. The normalized spacial score (nSPS) is 40.1. The van der Waals surface area contributed by atoms with E-state index < -0.39 is 177 Å². The van der Waals surface area contributed by atoms with E-state index in [-0.39, 0.29) is 24.9 Å². The van der Waals surface area contributed by atoms with Gasteiger partial charge in [0.1, 0.15) is 67.6 Å². The fourth-order valence-corrected chi connectivity index (χ4v) is 10.1. The van der Waals surface area contributed by atoms with Crippen LogP contribution in [0, 0.1) is 17.8 Å². The van der Waals surface area contributed by atoms with Gasteiger partial charge in [0.15, 0.2) is 43.5 Å². The first-order valence-corrected chi connectivity index (χ1v) is 28.8. The van der Waals surface area contributed by atoms with Crippen LogP contribution in [0.15, 0.2) is 0 Å².